The van der Waals surface area contributed by atoms with Crippen molar-refractivity contribution < 1.29 is 9.32 Å². The molecule has 0 saturated carbocycles. The molecular formula is C13H12ClNO2S. The summed E-state index contributed by atoms with van der Waals surface area (Å²) in [4.78, 5) is 0.447. The molecule has 94 valence electrons. The van der Waals surface area contributed by atoms with E-state index < -0.39 is 10.8 Å². The summed E-state index contributed by atoms with van der Waals surface area (Å²) < 4.78 is 12.2. The third-order valence-corrected chi connectivity index (χ3v) is 4.37. The highest BCUT2D eigenvalue weighted by Crippen LogP contribution is 2.27. The molecule has 0 saturated heterocycles. The zero-order valence-corrected chi connectivity index (χ0v) is 11.0. The lowest BCUT2D eigenvalue weighted by Gasteiger charge is -2.08. The summed E-state index contributed by atoms with van der Waals surface area (Å²) in [6.45, 7) is 0. The molecule has 0 amide bonds. The molecule has 0 aromatic heterocycles. The molecule has 1 unspecified atom stereocenters. The van der Waals surface area contributed by atoms with Crippen LogP contribution >= 0.6 is 11.6 Å². The summed E-state index contributed by atoms with van der Waals surface area (Å²) in [5.41, 5.74) is 6.97. The van der Waals surface area contributed by atoms with Gasteiger partial charge in [0.05, 0.1) is 26.5 Å². The number of aromatic hydroxyl groups is 1. The molecule has 2 rings (SSSR count). The normalized spacial score (nSPS) is 12.3. The van der Waals surface area contributed by atoms with Gasteiger partial charge in [-0.3, -0.25) is 4.21 Å². The SMILES string of the molecule is Nc1cccc(Cl)c1S(=O)Cc1cccc(O)c1. The zero-order valence-electron chi connectivity index (χ0n) is 9.47. The number of nitrogen functional groups attached to an aromatic ring is 1. The number of phenolic OH excluding ortho intramolecular Hbond substituents is 1. The predicted octanol–water partition coefficient (Wildman–Crippen LogP) is 2.94. The van der Waals surface area contributed by atoms with Crippen LogP contribution in [0.5, 0.6) is 5.75 Å². The third-order valence-electron chi connectivity index (χ3n) is 2.43. The number of anilines is 1. The Hall–Kier alpha value is -1.52. The second-order valence-corrected chi connectivity index (χ2v) is 5.61. The van der Waals surface area contributed by atoms with E-state index in [4.69, 9.17) is 17.3 Å². The van der Waals surface area contributed by atoms with E-state index in [1.807, 2.05) is 0 Å². The number of hydrogen-bond acceptors (Lipinski definition) is 3. The van der Waals surface area contributed by atoms with Crippen molar-refractivity contribution in [2.75, 3.05) is 5.73 Å². The van der Waals surface area contributed by atoms with E-state index in [2.05, 4.69) is 0 Å². The molecular weight excluding hydrogens is 270 g/mol. The molecule has 0 radical (unpaired) electrons. The van der Waals surface area contributed by atoms with Gasteiger partial charge < -0.3 is 10.8 Å². The molecule has 2 aromatic carbocycles. The summed E-state index contributed by atoms with van der Waals surface area (Å²) in [7, 11) is -1.33. The number of hydrogen-bond donors (Lipinski definition) is 2. The summed E-state index contributed by atoms with van der Waals surface area (Å²) in [6, 6.07) is 11.7. The minimum absolute atomic E-state index is 0.150. The van der Waals surface area contributed by atoms with Crippen LogP contribution in [0.15, 0.2) is 47.4 Å². The maximum Gasteiger partial charge on any atom is 0.115 e. The lowest BCUT2D eigenvalue weighted by atomic mass is 10.2. The molecule has 18 heavy (non-hydrogen) atoms. The van der Waals surface area contributed by atoms with Gasteiger partial charge in [-0.05, 0) is 29.8 Å². The van der Waals surface area contributed by atoms with Crippen LogP contribution in [0.2, 0.25) is 5.02 Å². The third kappa shape index (κ3) is 2.83. The van der Waals surface area contributed by atoms with E-state index in [9.17, 15) is 9.32 Å². The molecule has 3 nitrogen and oxygen atoms in total. The first-order valence-corrected chi connectivity index (χ1v) is 6.98. The van der Waals surface area contributed by atoms with Crippen molar-refractivity contribution >= 4 is 28.1 Å². The van der Waals surface area contributed by atoms with Crippen LogP contribution in [0.25, 0.3) is 0 Å². The van der Waals surface area contributed by atoms with E-state index in [0.29, 0.717) is 15.6 Å². The minimum Gasteiger partial charge on any atom is -0.508 e. The topological polar surface area (TPSA) is 63.3 Å². The predicted molar refractivity (Wildman–Crippen MR) is 74.1 cm³/mol. The maximum absolute atomic E-state index is 12.2. The van der Waals surface area contributed by atoms with Crippen LogP contribution < -0.4 is 5.73 Å². The molecule has 3 N–H and O–H groups in total. The average molecular weight is 282 g/mol. The highest BCUT2D eigenvalue weighted by molar-refractivity contribution is 7.84. The van der Waals surface area contributed by atoms with E-state index in [1.165, 1.54) is 0 Å². The number of phenols is 1. The van der Waals surface area contributed by atoms with Crippen LogP contribution in [0.4, 0.5) is 5.69 Å². The number of nitrogens with two attached hydrogens (primary N) is 1. The Morgan fingerprint density at radius 3 is 2.61 bits per heavy atom. The smallest absolute Gasteiger partial charge is 0.115 e. The van der Waals surface area contributed by atoms with Crippen molar-refractivity contribution in [1.29, 1.82) is 0 Å². The van der Waals surface area contributed by atoms with Gasteiger partial charge in [-0.2, -0.15) is 0 Å². The van der Waals surface area contributed by atoms with E-state index >= 15 is 0 Å². The monoisotopic (exact) mass is 281 g/mol. The Labute approximate surface area is 113 Å². The first-order chi connectivity index (χ1) is 8.58. The number of benzene rings is 2. The summed E-state index contributed by atoms with van der Waals surface area (Å²) in [5.74, 6) is 0.416. The fraction of sp³-hybridized carbons (Fsp3) is 0.0769. The van der Waals surface area contributed by atoms with E-state index in [0.717, 1.165) is 5.56 Å². The van der Waals surface area contributed by atoms with Gasteiger partial charge in [0.15, 0.2) is 0 Å². The highest BCUT2D eigenvalue weighted by atomic mass is 35.5. The van der Waals surface area contributed by atoms with Crippen molar-refractivity contribution in [3.8, 4) is 5.75 Å². The van der Waals surface area contributed by atoms with Crippen LogP contribution in [-0.4, -0.2) is 9.32 Å². The molecule has 1 atom stereocenters. The molecule has 0 heterocycles. The highest BCUT2D eigenvalue weighted by Gasteiger charge is 2.13. The number of rotatable bonds is 3. The Kier molecular flexibility index (Phi) is 3.89. The van der Waals surface area contributed by atoms with E-state index in [-0.39, 0.29) is 11.5 Å². The Morgan fingerprint density at radius 1 is 1.22 bits per heavy atom. The van der Waals surface area contributed by atoms with Gasteiger partial charge in [-0.15, -0.1) is 0 Å². The Morgan fingerprint density at radius 2 is 1.94 bits per heavy atom. The number of halogens is 1. The second-order valence-electron chi connectivity index (χ2n) is 3.82. The van der Waals surface area contributed by atoms with Crippen molar-refractivity contribution in [3.05, 3.63) is 53.1 Å². The van der Waals surface area contributed by atoms with Gasteiger partial charge in [0, 0.05) is 5.69 Å². The zero-order chi connectivity index (χ0) is 13.1. The average Bonchev–Trinajstić information content (AvgIpc) is 2.28. The molecule has 0 aliphatic rings. The molecule has 0 spiro atoms. The summed E-state index contributed by atoms with van der Waals surface area (Å²) >= 11 is 6.00. The Balaban J connectivity index is 2.28. The molecule has 2 aromatic rings. The van der Waals surface area contributed by atoms with Gasteiger partial charge in [0.25, 0.3) is 0 Å². The van der Waals surface area contributed by atoms with Crippen LogP contribution in [0.1, 0.15) is 5.56 Å². The quantitative estimate of drug-likeness (QED) is 0.850. The largest absolute Gasteiger partial charge is 0.508 e. The van der Waals surface area contributed by atoms with Crippen molar-refractivity contribution in [3.63, 3.8) is 0 Å². The molecule has 5 heteroatoms. The van der Waals surface area contributed by atoms with Crippen molar-refractivity contribution in [2.45, 2.75) is 10.6 Å². The van der Waals surface area contributed by atoms with Gasteiger partial charge in [-0.25, -0.2) is 0 Å². The standard InChI is InChI=1S/C13H12ClNO2S/c14-11-5-2-6-12(15)13(11)18(17)8-9-3-1-4-10(16)7-9/h1-7,16H,8,15H2. The summed E-state index contributed by atoms with van der Waals surface area (Å²) in [5, 5.41) is 9.75. The van der Waals surface area contributed by atoms with Crippen LogP contribution in [0, 0.1) is 0 Å². The van der Waals surface area contributed by atoms with Crippen molar-refractivity contribution in [2.24, 2.45) is 0 Å². The van der Waals surface area contributed by atoms with Gasteiger partial charge in [0.1, 0.15) is 5.75 Å². The first kappa shape index (κ1) is 12.9. The lowest BCUT2D eigenvalue weighted by Crippen LogP contribution is -2.01. The van der Waals surface area contributed by atoms with Crippen LogP contribution in [0.3, 0.4) is 0 Å². The fourth-order valence-corrected chi connectivity index (χ4v) is 3.32. The molecule has 0 aliphatic carbocycles. The van der Waals surface area contributed by atoms with Gasteiger partial charge >= 0.3 is 0 Å². The first-order valence-electron chi connectivity index (χ1n) is 5.28. The molecule has 0 aliphatic heterocycles. The Bertz CT molecular complexity index is 581. The van der Waals surface area contributed by atoms with Crippen molar-refractivity contribution in [1.82, 2.24) is 0 Å². The molecule has 0 bridgehead atoms. The lowest BCUT2D eigenvalue weighted by molar-refractivity contribution is 0.475. The minimum atomic E-state index is -1.33. The van der Waals surface area contributed by atoms with Gasteiger partial charge in [0.2, 0.25) is 0 Å². The summed E-state index contributed by atoms with van der Waals surface area (Å²) in [6.07, 6.45) is 0. The van der Waals surface area contributed by atoms with E-state index in [1.54, 1.807) is 42.5 Å². The maximum atomic E-state index is 12.2. The van der Waals surface area contributed by atoms with Crippen LogP contribution in [-0.2, 0) is 16.6 Å². The second kappa shape index (κ2) is 5.42. The fourth-order valence-electron chi connectivity index (χ4n) is 1.64. The van der Waals surface area contributed by atoms with Gasteiger partial charge in [-0.1, -0.05) is 29.8 Å². The molecule has 0 fully saturated rings.